The molecule has 1 atom stereocenters. The fourth-order valence-electron chi connectivity index (χ4n) is 1.31. The van der Waals surface area contributed by atoms with Crippen LogP contribution in [0, 0.1) is 0 Å². The monoisotopic (exact) mass is 315 g/mol. The average molecular weight is 317 g/mol. The molecule has 0 bridgehead atoms. The summed E-state index contributed by atoms with van der Waals surface area (Å²) >= 11 is 3.26. The number of nitrogens with two attached hydrogens (primary N) is 1. The molecule has 0 saturated heterocycles. The minimum Gasteiger partial charge on any atom is -0.496 e. The lowest BCUT2D eigenvalue weighted by molar-refractivity contribution is 0.128. The Bertz CT molecular complexity index is 339. The Morgan fingerprint density at radius 1 is 1.44 bits per heavy atom. The number of hydrogen-bond donors (Lipinski definition) is 1. The Balaban J connectivity index is 0.00000225. The van der Waals surface area contributed by atoms with Crippen molar-refractivity contribution in [3.8, 4) is 5.75 Å². The number of benzene rings is 1. The number of ether oxygens (including phenoxy) is 1. The highest BCUT2D eigenvalue weighted by Gasteiger charge is 2.16. The van der Waals surface area contributed by atoms with Crippen LogP contribution in [0.4, 0.5) is 8.78 Å². The first-order valence-corrected chi connectivity index (χ1v) is 5.21. The van der Waals surface area contributed by atoms with E-state index in [4.69, 9.17) is 10.5 Å². The van der Waals surface area contributed by atoms with Gasteiger partial charge in [-0.25, -0.2) is 8.78 Å². The molecule has 0 heterocycles. The first-order valence-electron chi connectivity index (χ1n) is 4.41. The van der Waals surface area contributed by atoms with Gasteiger partial charge in [-0.05, 0) is 18.2 Å². The third-order valence-corrected chi connectivity index (χ3v) is 2.52. The number of rotatable bonds is 4. The summed E-state index contributed by atoms with van der Waals surface area (Å²) in [5.74, 6) is 0.534. The van der Waals surface area contributed by atoms with Gasteiger partial charge in [0.2, 0.25) is 6.43 Å². The molecular formula is C10H13BrClF2NO. The van der Waals surface area contributed by atoms with Crippen LogP contribution in [0.25, 0.3) is 0 Å². The van der Waals surface area contributed by atoms with E-state index in [1.54, 1.807) is 18.2 Å². The highest BCUT2D eigenvalue weighted by Crippen LogP contribution is 2.30. The molecule has 0 amide bonds. The van der Waals surface area contributed by atoms with E-state index in [0.29, 0.717) is 11.3 Å². The third-order valence-electron chi connectivity index (χ3n) is 2.02. The predicted molar refractivity (Wildman–Crippen MR) is 65.5 cm³/mol. The molecule has 92 valence electrons. The second-order valence-corrected chi connectivity index (χ2v) is 4.04. The summed E-state index contributed by atoms with van der Waals surface area (Å²) in [6.07, 6.45) is -2.78. The van der Waals surface area contributed by atoms with Gasteiger partial charge in [0, 0.05) is 22.5 Å². The van der Waals surface area contributed by atoms with E-state index in [2.05, 4.69) is 15.9 Å². The van der Waals surface area contributed by atoms with Gasteiger partial charge >= 0.3 is 0 Å². The van der Waals surface area contributed by atoms with Crippen LogP contribution in [0.1, 0.15) is 18.0 Å². The number of alkyl halides is 2. The van der Waals surface area contributed by atoms with Gasteiger partial charge < -0.3 is 10.5 Å². The molecule has 0 radical (unpaired) electrons. The van der Waals surface area contributed by atoms with Crippen LogP contribution < -0.4 is 10.5 Å². The molecule has 1 aromatic carbocycles. The molecule has 0 fully saturated rings. The Labute approximate surface area is 108 Å². The van der Waals surface area contributed by atoms with Gasteiger partial charge in [-0.15, -0.1) is 12.4 Å². The van der Waals surface area contributed by atoms with Crippen LogP contribution >= 0.6 is 28.3 Å². The fourth-order valence-corrected chi connectivity index (χ4v) is 1.69. The van der Waals surface area contributed by atoms with Gasteiger partial charge in [0.1, 0.15) is 5.75 Å². The van der Waals surface area contributed by atoms with Crippen molar-refractivity contribution in [3.63, 3.8) is 0 Å². The lowest BCUT2D eigenvalue weighted by Crippen LogP contribution is -2.15. The zero-order valence-corrected chi connectivity index (χ0v) is 11.0. The van der Waals surface area contributed by atoms with Gasteiger partial charge in [-0.1, -0.05) is 15.9 Å². The molecule has 2 nitrogen and oxygen atoms in total. The molecule has 0 aromatic heterocycles. The zero-order valence-electron chi connectivity index (χ0n) is 8.62. The second-order valence-electron chi connectivity index (χ2n) is 3.12. The van der Waals surface area contributed by atoms with Gasteiger partial charge in [0.25, 0.3) is 0 Å². The van der Waals surface area contributed by atoms with Crippen LogP contribution in [0.2, 0.25) is 0 Å². The summed E-state index contributed by atoms with van der Waals surface area (Å²) in [4.78, 5) is 0. The molecule has 0 aliphatic heterocycles. The van der Waals surface area contributed by atoms with E-state index in [-0.39, 0.29) is 18.8 Å². The zero-order chi connectivity index (χ0) is 11.4. The molecule has 0 unspecified atom stereocenters. The lowest BCUT2D eigenvalue weighted by atomic mass is 10.0. The Morgan fingerprint density at radius 2 is 2.06 bits per heavy atom. The molecule has 1 aromatic rings. The summed E-state index contributed by atoms with van der Waals surface area (Å²) in [7, 11) is 1.49. The van der Waals surface area contributed by atoms with Crippen molar-refractivity contribution in [2.75, 3.05) is 7.11 Å². The van der Waals surface area contributed by atoms with Crippen LogP contribution in [0.15, 0.2) is 22.7 Å². The number of hydrogen-bond acceptors (Lipinski definition) is 2. The minimum atomic E-state index is -2.41. The molecule has 2 N–H and O–H groups in total. The van der Waals surface area contributed by atoms with E-state index < -0.39 is 12.5 Å². The first-order chi connectivity index (χ1) is 7.04. The highest BCUT2D eigenvalue weighted by atomic mass is 79.9. The summed E-state index contributed by atoms with van der Waals surface area (Å²) in [5.41, 5.74) is 6.25. The molecule has 16 heavy (non-hydrogen) atoms. The molecule has 6 heteroatoms. The normalized spacial score (nSPS) is 12.1. The van der Waals surface area contributed by atoms with Crippen LogP contribution in [0.5, 0.6) is 5.75 Å². The molecule has 0 spiro atoms. The number of methoxy groups -OCH3 is 1. The number of halogens is 4. The van der Waals surface area contributed by atoms with Crippen LogP contribution in [0.3, 0.4) is 0 Å². The maximum Gasteiger partial charge on any atom is 0.240 e. The van der Waals surface area contributed by atoms with Crippen molar-refractivity contribution in [1.82, 2.24) is 0 Å². The standard InChI is InChI=1S/C10H12BrF2NO.ClH/c1-15-9-3-2-6(11)4-7(9)8(14)5-10(12)13;/h2-4,8,10H,5,14H2,1H3;1H/t8-;/m1./s1. The van der Waals surface area contributed by atoms with Crippen molar-refractivity contribution < 1.29 is 13.5 Å². The molecule has 0 aliphatic carbocycles. The van der Waals surface area contributed by atoms with Crippen LogP contribution in [-0.2, 0) is 0 Å². The SMILES string of the molecule is COc1ccc(Br)cc1[C@H](N)CC(F)F.Cl. The van der Waals surface area contributed by atoms with Gasteiger partial charge in [0.15, 0.2) is 0 Å². The summed E-state index contributed by atoms with van der Waals surface area (Å²) in [6, 6.07) is 4.46. The third kappa shape index (κ3) is 4.23. The van der Waals surface area contributed by atoms with Gasteiger partial charge in [-0.3, -0.25) is 0 Å². The molecule has 0 aliphatic rings. The maximum atomic E-state index is 12.2. The van der Waals surface area contributed by atoms with E-state index in [1.807, 2.05) is 0 Å². The smallest absolute Gasteiger partial charge is 0.240 e. The van der Waals surface area contributed by atoms with E-state index >= 15 is 0 Å². The first kappa shape index (κ1) is 15.6. The maximum absolute atomic E-state index is 12.2. The quantitative estimate of drug-likeness (QED) is 0.922. The second kappa shape index (κ2) is 7.04. The lowest BCUT2D eigenvalue weighted by Gasteiger charge is -2.15. The Morgan fingerprint density at radius 3 is 2.56 bits per heavy atom. The van der Waals surface area contributed by atoms with E-state index in [9.17, 15) is 8.78 Å². The summed E-state index contributed by atoms with van der Waals surface area (Å²) < 4.78 is 30.2. The van der Waals surface area contributed by atoms with E-state index in [1.165, 1.54) is 7.11 Å². The minimum absolute atomic E-state index is 0. The Hall–Kier alpha value is -0.390. The van der Waals surface area contributed by atoms with Crippen molar-refractivity contribution in [2.45, 2.75) is 18.9 Å². The van der Waals surface area contributed by atoms with Gasteiger partial charge in [-0.2, -0.15) is 0 Å². The van der Waals surface area contributed by atoms with Crippen molar-refractivity contribution in [1.29, 1.82) is 0 Å². The summed E-state index contributed by atoms with van der Waals surface area (Å²) in [6.45, 7) is 0. The largest absolute Gasteiger partial charge is 0.496 e. The highest BCUT2D eigenvalue weighted by molar-refractivity contribution is 9.10. The Kier molecular flexibility index (Phi) is 6.87. The fraction of sp³-hybridized carbons (Fsp3) is 0.400. The van der Waals surface area contributed by atoms with Crippen molar-refractivity contribution in [3.05, 3.63) is 28.2 Å². The molecule has 1 rings (SSSR count). The van der Waals surface area contributed by atoms with E-state index in [0.717, 1.165) is 4.47 Å². The van der Waals surface area contributed by atoms with Crippen molar-refractivity contribution in [2.24, 2.45) is 5.73 Å². The van der Waals surface area contributed by atoms with Crippen molar-refractivity contribution >= 4 is 28.3 Å². The average Bonchev–Trinajstić information content (AvgIpc) is 2.16. The van der Waals surface area contributed by atoms with Crippen LogP contribution in [-0.4, -0.2) is 13.5 Å². The topological polar surface area (TPSA) is 35.2 Å². The molecule has 0 saturated carbocycles. The molecular weight excluding hydrogens is 303 g/mol. The predicted octanol–water partition coefficient (Wildman–Crippen LogP) is 3.53. The van der Waals surface area contributed by atoms with Gasteiger partial charge in [0.05, 0.1) is 7.11 Å². The summed E-state index contributed by atoms with van der Waals surface area (Å²) in [5, 5.41) is 0.